The molecule has 1 aromatic heterocycles. The van der Waals surface area contributed by atoms with E-state index in [2.05, 4.69) is 0 Å². The van der Waals surface area contributed by atoms with Crippen LogP contribution >= 0.6 is 0 Å². The molecule has 0 bridgehead atoms. The van der Waals surface area contributed by atoms with Crippen LogP contribution in [0.2, 0.25) is 0 Å². The van der Waals surface area contributed by atoms with Gasteiger partial charge in [-0.3, -0.25) is 4.79 Å². The van der Waals surface area contributed by atoms with Gasteiger partial charge in [0.2, 0.25) is 0 Å². The maximum Gasteiger partial charge on any atom is 0.347 e. The third-order valence-corrected chi connectivity index (χ3v) is 3.47. The minimum atomic E-state index is -0.822. The van der Waals surface area contributed by atoms with Crippen molar-refractivity contribution in [3.8, 4) is 11.5 Å². The van der Waals surface area contributed by atoms with Gasteiger partial charge in [-0.25, -0.2) is 4.79 Å². The van der Waals surface area contributed by atoms with Crippen molar-refractivity contribution in [3.63, 3.8) is 0 Å². The van der Waals surface area contributed by atoms with Crippen LogP contribution in [0.1, 0.15) is 31.1 Å². The van der Waals surface area contributed by atoms with Gasteiger partial charge in [0.05, 0.1) is 19.2 Å². The number of aromatic hydroxyl groups is 1. The number of hydrogen-bond donors (Lipinski definition) is 1. The van der Waals surface area contributed by atoms with Crippen LogP contribution in [0.25, 0.3) is 10.9 Å². The number of carbonyl (C=O) groups is 1. The average Bonchev–Trinajstić information content (AvgIpc) is 2.51. The molecule has 0 saturated carbocycles. The van der Waals surface area contributed by atoms with E-state index in [1.807, 2.05) is 13.8 Å². The van der Waals surface area contributed by atoms with Crippen LogP contribution in [-0.2, 0) is 11.3 Å². The third kappa shape index (κ3) is 3.16. The van der Waals surface area contributed by atoms with Crippen LogP contribution in [-0.4, -0.2) is 29.4 Å². The fourth-order valence-corrected chi connectivity index (χ4v) is 2.48. The van der Waals surface area contributed by atoms with Gasteiger partial charge in [-0.05, 0) is 31.0 Å². The number of nitrogens with zero attached hydrogens (tertiary/aromatic N) is 1. The molecule has 0 unspecified atom stereocenters. The number of esters is 1. The molecule has 0 fully saturated rings. The Morgan fingerprint density at radius 2 is 2.04 bits per heavy atom. The van der Waals surface area contributed by atoms with E-state index in [1.54, 1.807) is 25.1 Å². The van der Waals surface area contributed by atoms with E-state index in [0.717, 1.165) is 0 Å². The first-order chi connectivity index (χ1) is 10.9. The number of ether oxygens (including phenoxy) is 2. The highest BCUT2D eigenvalue weighted by Gasteiger charge is 2.23. The van der Waals surface area contributed by atoms with Crippen molar-refractivity contribution in [2.45, 2.75) is 27.3 Å². The maximum atomic E-state index is 12.7. The van der Waals surface area contributed by atoms with Crippen molar-refractivity contribution >= 4 is 16.9 Å². The summed E-state index contributed by atoms with van der Waals surface area (Å²) >= 11 is 0. The van der Waals surface area contributed by atoms with Gasteiger partial charge in [0, 0.05) is 11.9 Å². The second kappa shape index (κ2) is 6.73. The van der Waals surface area contributed by atoms with E-state index in [0.29, 0.717) is 23.2 Å². The molecule has 0 aliphatic heterocycles. The Morgan fingerprint density at radius 3 is 2.61 bits per heavy atom. The van der Waals surface area contributed by atoms with Gasteiger partial charge in [0.1, 0.15) is 11.5 Å². The number of methoxy groups -OCH3 is 1. The summed E-state index contributed by atoms with van der Waals surface area (Å²) in [5.41, 5.74) is -0.337. The first kappa shape index (κ1) is 16.9. The first-order valence-corrected chi connectivity index (χ1v) is 7.51. The summed E-state index contributed by atoms with van der Waals surface area (Å²) in [6.07, 6.45) is 0. The Hall–Kier alpha value is -2.50. The van der Waals surface area contributed by atoms with Crippen molar-refractivity contribution in [2.75, 3.05) is 13.7 Å². The Morgan fingerprint density at radius 1 is 1.35 bits per heavy atom. The number of fused-ring (bicyclic) bond motifs is 1. The van der Waals surface area contributed by atoms with Crippen LogP contribution in [0, 0.1) is 5.92 Å². The standard InChI is InChI=1S/C17H21NO5/c1-5-23-17(21)14-15(19)12-8-11(22-4)6-7-13(12)18(16(14)20)9-10(2)3/h6-8,10,19H,5,9H2,1-4H3. The van der Waals surface area contributed by atoms with Crippen LogP contribution in [0.4, 0.5) is 0 Å². The fraction of sp³-hybridized carbons (Fsp3) is 0.412. The number of hydrogen-bond acceptors (Lipinski definition) is 5. The first-order valence-electron chi connectivity index (χ1n) is 7.51. The predicted molar refractivity (Wildman–Crippen MR) is 87.2 cm³/mol. The van der Waals surface area contributed by atoms with Crippen LogP contribution < -0.4 is 10.3 Å². The van der Waals surface area contributed by atoms with Crippen LogP contribution in [0.5, 0.6) is 11.5 Å². The molecule has 0 radical (unpaired) electrons. The Labute approximate surface area is 134 Å². The molecule has 0 aliphatic carbocycles. The Balaban J connectivity index is 2.85. The lowest BCUT2D eigenvalue weighted by molar-refractivity contribution is 0.0520. The number of aromatic nitrogens is 1. The lowest BCUT2D eigenvalue weighted by atomic mass is 10.1. The molecule has 1 aromatic carbocycles. The summed E-state index contributed by atoms with van der Waals surface area (Å²) in [6, 6.07) is 5.01. The Bertz CT molecular complexity index is 792. The van der Waals surface area contributed by atoms with E-state index >= 15 is 0 Å². The summed E-state index contributed by atoms with van der Waals surface area (Å²) in [5.74, 6) is -0.477. The zero-order chi connectivity index (χ0) is 17.1. The maximum absolute atomic E-state index is 12.7. The minimum Gasteiger partial charge on any atom is -0.506 e. The van der Waals surface area contributed by atoms with Crippen molar-refractivity contribution in [1.82, 2.24) is 4.57 Å². The molecule has 23 heavy (non-hydrogen) atoms. The second-order valence-corrected chi connectivity index (χ2v) is 5.64. The summed E-state index contributed by atoms with van der Waals surface area (Å²) in [5, 5.41) is 10.8. The molecule has 2 rings (SSSR count). The number of benzene rings is 1. The van der Waals surface area contributed by atoms with E-state index in [-0.39, 0.29) is 23.8 Å². The topological polar surface area (TPSA) is 77.8 Å². The minimum absolute atomic E-state index is 0.123. The zero-order valence-corrected chi connectivity index (χ0v) is 13.8. The van der Waals surface area contributed by atoms with Crippen molar-refractivity contribution in [1.29, 1.82) is 0 Å². The van der Waals surface area contributed by atoms with Crippen molar-refractivity contribution in [2.24, 2.45) is 5.92 Å². The molecule has 2 aromatic rings. The molecule has 124 valence electrons. The molecular weight excluding hydrogens is 298 g/mol. The van der Waals surface area contributed by atoms with Gasteiger partial charge in [-0.2, -0.15) is 0 Å². The SMILES string of the molecule is CCOC(=O)c1c(O)c2cc(OC)ccc2n(CC(C)C)c1=O. The molecular formula is C17H21NO5. The number of pyridine rings is 1. The second-order valence-electron chi connectivity index (χ2n) is 5.64. The van der Waals surface area contributed by atoms with Gasteiger partial charge in [-0.1, -0.05) is 13.8 Å². The third-order valence-electron chi connectivity index (χ3n) is 3.47. The quantitative estimate of drug-likeness (QED) is 0.857. The van der Waals surface area contributed by atoms with Crippen molar-refractivity contribution in [3.05, 3.63) is 34.1 Å². The number of rotatable bonds is 5. The highest BCUT2D eigenvalue weighted by molar-refractivity contribution is 5.99. The van der Waals surface area contributed by atoms with Gasteiger partial charge < -0.3 is 19.1 Å². The highest BCUT2D eigenvalue weighted by Crippen LogP contribution is 2.30. The highest BCUT2D eigenvalue weighted by atomic mass is 16.5. The lowest BCUT2D eigenvalue weighted by Crippen LogP contribution is -2.29. The summed E-state index contributed by atoms with van der Waals surface area (Å²) < 4.78 is 11.6. The number of carbonyl (C=O) groups excluding carboxylic acids is 1. The molecule has 0 aliphatic rings. The van der Waals surface area contributed by atoms with Crippen LogP contribution in [0.3, 0.4) is 0 Å². The molecule has 6 nitrogen and oxygen atoms in total. The molecule has 0 amide bonds. The van der Waals surface area contributed by atoms with Gasteiger partial charge in [-0.15, -0.1) is 0 Å². The largest absolute Gasteiger partial charge is 0.506 e. The Kier molecular flexibility index (Phi) is 4.93. The molecule has 1 N–H and O–H groups in total. The molecule has 0 saturated heterocycles. The van der Waals surface area contributed by atoms with Crippen molar-refractivity contribution < 1.29 is 19.4 Å². The van der Waals surface area contributed by atoms with E-state index in [9.17, 15) is 14.7 Å². The molecule has 0 atom stereocenters. The lowest BCUT2D eigenvalue weighted by Gasteiger charge is -2.16. The summed E-state index contributed by atoms with van der Waals surface area (Å²) in [4.78, 5) is 24.8. The predicted octanol–water partition coefficient (Wildman–Crippen LogP) is 2.55. The van der Waals surface area contributed by atoms with Gasteiger partial charge >= 0.3 is 5.97 Å². The normalized spacial score (nSPS) is 11.0. The van der Waals surface area contributed by atoms with Gasteiger partial charge in [0.15, 0.2) is 5.56 Å². The summed E-state index contributed by atoms with van der Waals surface area (Å²) in [7, 11) is 1.51. The smallest absolute Gasteiger partial charge is 0.347 e. The van der Waals surface area contributed by atoms with Crippen LogP contribution in [0.15, 0.2) is 23.0 Å². The monoisotopic (exact) mass is 319 g/mol. The molecule has 0 spiro atoms. The fourth-order valence-electron chi connectivity index (χ4n) is 2.48. The van der Waals surface area contributed by atoms with Gasteiger partial charge in [0.25, 0.3) is 5.56 Å². The zero-order valence-electron chi connectivity index (χ0n) is 13.8. The van der Waals surface area contributed by atoms with E-state index < -0.39 is 11.5 Å². The molecule has 1 heterocycles. The summed E-state index contributed by atoms with van der Waals surface area (Å²) in [6.45, 7) is 6.13. The van der Waals surface area contributed by atoms with E-state index in [1.165, 1.54) is 11.7 Å². The molecule has 6 heteroatoms. The van der Waals surface area contributed by atoms with E-state index in [4.69, 9.17) is 9.47 Å². The average molecular weight is 319 g/mol.